The molecule has 2 heterocycles. The fourth-order valence-electron chi connectivity index (χ4n) is 2.74. The Kier molecular flexibility index (Phi) is 3.97. The lowest BCUT2D eigenvalue weighted by atomic mass is 10.2. The summed E-state index contributed by atoms with van der Waals surface area (Å²) in [6, 6.07) is 9.98. The monoisotopic (exact) mass is 303 g/mol. The summed E-state index contributed by atoms with van der Waals surface area (Å²) in [7, 11) is 0. The van der Waals surface area contributed by atoms with E-state index in [0.717, 1.165) is 31.5 Å². The highest BCUT2D eigenvalue weighted by molar-refractivity contribution is 6.33. The molecule has 0 bridgehead atoms. The normalized spacial score (nSPS) is 14.7. The highest BCUT2D eigenvalue weighted by Crippen LogP contribution is 2.24. The van der Waals surface area contributed by atoms with Crippen molar-refractivity contribution in [3.8, 4) is 0 Å². The largest absolute Gasteiger partial charge is 0.338 e. The van der Waals surface area contributed by atoms with E-state index in [4.69, 9.17) is 11.6 Å². The number of carbonyl (C=O) groups is 1. The molecule has 0 aliphatic carbocycles. The van der Waals surface area contributed by atoms with E-state index in [-0.39, 0.29) is 5.91 Å². The predicted octanol–water partition coefficient (Wildman–Crippen LogP) is 3.13. The summed E-state index contributed by atoms with van der Waals surface area (Å²) in [5.41, 5.74) is 2.37. The fraction of sp³-hybridized carbons (Fsp3) is 0.375. The molecule has 1 aromatic carbocycles. The lowest BCUT2D eigenvalue weighted by molar-refractivity contribution is 0.0792. The second-order valence-corrected chi connectivity index (χ2v) is 5.75. The summed E-state index contributed by atoms with van der Waals surface area (Å²) in [4.78, 5) is 14.4. The van der Waals surface area contributed by atoms with Crippen molar-refractivity contribution < 1.29 is 4.79 Å². The number of halogens is 1. The summed E-state index contributed by atoms with van der Waals surface area (Å²) < 4.78 is 1.70. The average molecular weight is 304 g/mol. The molecule has 0 unspecified atom stereocenters. The summed E-state index contributed by atoms with van der Waals surface area (Å²) in [5.74, 6) is 0.00862. The zero-order valence-electron chi connectivity index (χ0n) is 12.1. The number of carbonyl (C=O) groups excluding carboxylic acids is 1. The Labute approximate surface area is 129 Å². The molecule has 5 heteroatoms. The second kappa shape index (κ2) is 5.90. The first-order valence-corrected chi connectivity index (χ1v) is 7.60. The van der Waals surface area contributed by atoms with Crippen molar-refractivity contribution in [1.29, 1.82) is 0 Å². The van der Waals surface area contributed by atoms with Crippen LogP contribution in [0.2, 0.25) is 5.15 Å². The van der Waals surface area contributed by atoms with Crippen LogP contribution in [0.4, 0.5) is 0 Å². The van der Waals surface area contributed by atoms with Crippen molar-refractivity contribution in [3.05, 3.63) is 52.3 Å². The van der Waals surface area contributed by atoms with Gasteiger partial charge in [-0.2, -0.15) is 5.10 Å². The Morgan fingerprint density at radius 3 is 2.57 bits per heavy atom. The third-order valence-electron chi connectivity index (χ3n) is 3.85. The Balaban J connectivity index is 1.87. The van der Waals surface area contributed by atoms with Crippen molar-refractivity contribution >= 4 is 17.5 Å². The molecule has 1 aromatic heterocycles. The van der Waals surface area contributed by atoms with Crippen LogP contribution in [0.15, 0.2) is 30.3 Å². The minimum atomic E-state index is 0.00862. The fourth-order valence-corrected chi connectivity index (χ4v) is 3.05. The van der Waals surface area contributed by atoms with Gasteiger partial charge in [0.2, 0.25) is 0 Å². The van der Waals surface area contributed by atoms with E-state index in [0.29, 0.717) is 23.0 Å². The predicted molar refractivity (Wildman–Crippen MR) is 82.7 cm³/mol. The molecule has 110 valence electrons. The van der Waals surface area contributed by atoms with E-state index in [1.54, 1.807) is 4.68 Å². The first-order chi connectivity index (χ1) is 10.2. The van der Waals surface area contributed by atoms with Crippen molar-refractivity contribution in [2.24, 2.45) is 0 Å². The van der Waals surface area contributed by atoms with Crippen LogP contribution in [0.5, 0.6) is 0 Å². The molecule has 1 aliphatic rings. The van der Waals surface area contributed by atoms with Gasteiger partial charge in [0.05, 0.1) is 17.8 Å². The van der Waals surface area contributed by atoms with E-state index >= 15 is 0 Å². The van der Waals surface area contributed by atoms with E-state index in [2.05, 4.69) is 5.10 Å². The number of amides is 1. The lowest BCUT2D eigenvalue weighted by Crippen LogP contribution is -2.28. The molecule has 1 aliphatic heterocycles. The highest BCUT2D eigenvalue weighted by Gasteiger charge is 2.26. The van der Waals surface area contributed by atoms with Crippen LogP contribution in [0.3, 0.4) is 0 Å². The van der Waals surface area contributed by atoms with Crippen LogP contribution < -0.4 is 0 Å². The Morgan fingerprint density at radius 2 is 1.90 bits per heavy atom. The molecule has 1 amide bonds. The maximum Gasteiger partial charge on any atom is 0.258 e. The van der Waals surface area contributed by atoms with Gasteiger partial charge in [-0.05, 0) is 25.3 Å². The van der Waals surface area contributed by atoms with Gasteiger partial charge in [-0.3, -0.25) is 4.79 Å². The minimum Gasteiger partial charge on any atom is -0.338 e. The van der Waals surface area contributed by atoms with Crippen LogP contribution in [-0.2, 0) is 6.54 Å². The van der Waals surface area contributed by atoms with Gasteiger partial charge in [-0.25, -0.2) is 4.68 Å². The van der Waals surface area contributed by atoms with Gasteiger partial charge >= 0.3 is 0 Å². The number of benzene rings is 1. The molecule has 3 rings (SSSR count). The SMILES string of the molecule is Cc1nn(Cc2ccccc2)c(Cl)c1C(=O)N1CCCC1. The first-order valence-electron chi connectivity index (χ1n) is 7.23. The van der Waals surface area contributed by atoms with E-state index in [1.165, 1.54) is 0 Å². The molecule has 1 saturated heterocycles. The number of rotatable bonds is 3. The number of nitrogens with zero attached hydrogens (tertiary/aromatic N) is 3. The number of hydrogen-bond acceptors (Lipinski definition) is 2. The lowest BCUT2D eigenvalue weighted by Gasteiger charge is -2.14. The van der Waals surface area contributed by atoms with Gasteiger partial charge in [-0.15, -0.1) is 0 Å². The molecule has 21 heavy (non-hydrogen) atoms. The van der Waals surface area contributed by atoms with Gasteiger partial charge in [0, 0.05) is 13.1 Å². The van der Waals surface area contributed by atoms with Gasteiger partial charge in [0.15, 0.2) is 0 Å². The molecule has 0 saturated carbocycles. The zero-order valence-corrected chi connectivity index (χ0v) is 12.8. The van der Waals surface area contributed by atoms with Crippen LogP contribution in [0.25, 0.3) is 0 Å². The maximum atomic E-state index is 12.5. The molecule has 0 atom stereocenters. The quantitative estimate of drug-likeness (QED) is 0.874. The summed E-state index contributed by atoms with van der Waals surface area (Å²) in [6.07, 6.45) is 2.14. The summed E-state index contributed by atoms with van der Waals surface area (Å²) in [6.45, 7) is 4.06. The number of hydrogen-bond donors (Lipinski definition) is 0. The maximum absolute atomic E-state index is 12.5. The van der Waals surface area contributed by atoms with Crippen molar-refractivity contribution in [1.82, 2.24) is 14.7 Å². The highest BCUT2D eigenvalue weighted by atomic mass is 35.5. The Bertz CT molecular complexity index is 645. The van der Waals surface area contributed by atoms with E-state index < -0.39 is 0 Å². The molecule has 0 radical (unpaired) electrons. The van der Waals surface area contributed by atoms with E-state index in [1.807, 2.05) is 42.2 Å². The summed E-state index contributed by atoms with van der Waals surface area (Å²) in [5, 5.41) is 4.87. The van der Waals surface area contributed by atoms with Crippen molar-refractivity contribution in [2.75, 3.05) is 13.1 Å². The van der Waals surface area contributed by atoms with Crippen LogP contribution in [-0.4, -0.2) is 33.7 Å². The molecular weight excluding hydrogens is 286 g/mol. The third kappa shape index (κ3) is 2.81. The topological polar surface area (TPSA) is 38.1 Å². The standard InChI is InChI=1S/C16H18ClN3O/c1-12-14(16(21)19-9-5-6-10-19)15(17)20(18-12)11-13-7-3-2-4-8-13/h2-4,7-8H,5-6,9-11H2,1H3. The van der Waals surface area contributed by atoms with Crippen molar-refractivity contribution in [2.45, 2.75) is 26.3 Å². The van der Waals surface area contributed by atoms with Gasteiger partial charge in [0.25, 0.3) is 5.91 Å². The van der Waals surface area contributed by atoms with Gasteiger partial charge < -0.3 is 4.90 Å². The number of likely N-dealkylation sites (tertiary alicyclic amines) is 1. The molecule has 2 aromatic rings. The zero-order chi connectivity index (χ0) is 14.8. The van der Waals surface area contributed by atoms with Gasteiger partial charge in [0.1, 0.15) is 5.15 Å². The van der Waals surface area contributed by atoms with E-state index in [9.17, 15) is 4.79 Å². The molecule has 4 nitrogen and oxygen atoms in total. The molecule has 1 fully saturated rings. The second-order valence-electron chi connectivity index (χ2n) is 5.39. The Morgan fingerprint density at radius 1 is 1.24 bits per heavy atom. The smallest absolute Gasteiger partial charge is 0.258 e. The van der Waals surface area contributed by atoms with Crippen LogP contribution in [0.1, 0.15) is 34.5 Å². The average Bonchev–Trinajstić information content (AvgIpc) is 3.09. The van der Waals surface area contributed by atoms with Crippen LogP contribution >= 0.6 is 11.6 Å². The number of aromatic nitrogens is 2. The molecular formula is C16H18ClN3O. The summed E-state index contributed by atoms with van der Waals surface area (Å²) >= 11 is 6.41. The molecule has 0 spiro atoms. The van der Waals surface area contributed by atoms with Crippen molar-refractivity contribution in [3.63, 3.8) is 0 Å². The van der Waals surface area contributed by atoms with Gasteiger partial charge in [-0.1, -0.05) is 41.9 Å². The Hall–Kier alpha value is -1.81. The molecule has 0 N–H and O–H groups in total. The number of aryl methyl sites for hydroxylation is 1. The first kappa shape index (κ1) is 14.1. The minimum absolute atomic E-state index is 0.00862. The van der Waals surface area contributed by atoms with Crippen LogP contribution in [0, 0.1) is 6.92 Å². The third-order valence-corrected chi connectivity index (χ3v) is 4.23.